The number of hydrogen-bond acceptors (Lipinski definition) is 11. The van der Waals surface area contributed by atoms with Crippen LogP contribution >= 0.6 is 32.9 Å². The van der Waals surface area contributed by atoms with Gasteiger partial charge >= 0.3 is 18.0 Å². The molecule has 46 heavy (non-hydrogen) atoms. The van der Waals surface area contributed by atoms with Crippen LogP contribution in [0.2, 0.25) is 0 Å². The first-order valence-corrected chi connectivity index (χ1v) is 17.5. The fourth-order valence-electron chi connectivity index (χ4n) is 4.07. The van der Waals surface area contributed by atoms with E-state index in [1.54, 1.807) is 18.4 Å². The van der Waals surface area contributed by atoms with E-state index < -0.39 is 48.5 Å². The Morgan fingerprint density at radius 1 is 1.00 bits per heavy atom. The van der Waals surface area contributed by atoms with Crippen molar-refractivity contribution in [2.45, 2.75) is 37.5 Å². The molecule has 3 amide bonds. The van der Waals surface area contributed by atoms with Crippen molar-refractivity contribution in [3.8, 4) is 5.75 Å². The van der Waals surface area contributed by atoms with Gasteiger partial charge in [0.25, 0.3) is 0 Å². The van der Waals surface area contributed by atoms with Crippen LogP contribution in [0.5, 0.6) is 5.75 Å². The standard InChI is InChI=1S/C30H36N4O9S3/c1-34(14-13-24(25-10-5-15-44-25)43-23-9-4-7-19-6-2-3-8-20(19)23)30(41)42-18-46-45-17-22(28(38)32-16-27(36)37)33-26(35)12-11-21(31)29(39)40/h2-10,15,21-22,24H,11-14,16-18,31H2,1H3,(H,32,38)(H,33,35)(H,36,37)(H,39,40)/t21-,22-,24-/m0/s1. The maximum absolute atomic E-state index is 12.7. The lowest BCUT2D eigenvalue weighted by Crippen LogP contribution is -2.49. The number of amides is 3. The van der Waals surface area contributed by atoms with E-state index >= 15 is 0 Å². The number of carbonyl (C=O) groups excluding carboxylic acids is 3. The Kier molecular flexibility index (Phi) is 15.0. The molecule has 0 bridgehead atoms. The molecule has 1 aromatic heterocycles. The van der Waals surface area contributed by atoms with Gasteiger partial charge in [-0.3, -0.25) is 19.2 Å². The predicted octanol–water partition coefficient (Wildman–Crippen LogP) is 3.70. The van der Waals surface area contributed by atoms with Crippen molar-refractivity contribution in [3.63, 3.8) is 0 Å². The summed E-state index contributed by atoms with van der Waals surface area (Å²) in [7, 11) is 3.87. The van der Waals surface area contributed by atoms with E-state index in [2.05, 4.69) is 10.6 Å². The van der Waals surface area contributed by atoms with E-state index in [4.69, 9.17) is 25.4 Å². The highest BCUT2D eigenvalue weighted by Gasteiger charge is 2.23. The number of nitrogens with two attached hydrogens (primary N) is 1. The SMILES string of the molecule is CN(CC[C@H](Oc1cccc2ccccc12)c1cccs1)C(=O)OCSSC[C@H](NC(=O)CC[C@H](N)C(=O)O)C(=O)NCC(=O)O. The summed E-state index contributed by atoms with van der Waals surface area (Å²) >= 11 is 1.57. The molecule has 3 aromatic rings. The van der Waals surface area contributed by atoms with Gasteiger partial charge in [-0.2, -0.15) is 0 Å². The number of nitrogens with zero attached hydrogens (tertiary/aromatic N) is 1. The van der Waals surface area contributed by atoms with Crippen molar-refractivity contribution in [2.24, 2.45) is 5.73 Å². The molecule has 0 aliphatic heterocycles. The summed E-state index contributed by atoms with van der Waals surface area (Å²) < 4.78 is 11.8. The lowest BCUT2D eigenvalue weighted by atomic mass is 10.1. The van der Waals surface area contributed by atoms with Crippen LogP contribution in [-0.4, -0.2) is 88.9 Å². The highest BCUT2D eigenvalue weighted by molar-refractivity contribution is 8.76. The van der Waals surface area contributed by atoms with E-state index in [0.717, 1.165) is 43.0 Å². The molecule has 3 rings (SSSR count). The summed E-state index contributed by atoms with van der Waals surface area (Å²) in [6.45, 7) is -0.287. The molecule has 16 heteroatoms. The zero-order valence-corrected chi connectivity index (χ0v) is 27.4. The minimum absolute atomic E-state index is 0.0221. The number of fused-ring (bicyclic) bond motifs is 1. The summed E-state index contributed by atoms with van der Waals surface area (Å²) in [5.74, 6) is -3.14. The second-order valence-electron chi connectivity index (χ2n) is 9.95. The molecule has 0 radical (unpaired) electrons. The third-order valence-electron chi connectivity index (χ3n) is 6.53. The Bertz CT molecular complexity index is 1470. The number of rotatable bonds is 19. The monoisotopic (exact) mass is 692 g/mol. The molecular weight excluding hydrogens is 657 g/mol. The van der Waals surface area contributed by atoms with Gasteiger partial charge in [0.05, 0.1) is 0 Å². The summed E-state index contributed by atoms with van der Waals surface area (Å²) in [6.07, 6.45) is -0.703. The van der Waals surface area contributed by atoms with Crippen LogP contribution in [0.3, 0.4) is 0 Å². The Morgan fingerprint density at radius 2 is 1.76 bits per heavy atom. The minimum Gasteiger partial charge on any atom is -0.484 e. The summed E-state index contributed by atoms with van der Waals surface area (Å²) in [5.41, 5.74) is 5.42. The molecule has 0 saturated carbocycles. The summed E-state index contributed by atoms with van der Waals surface area (Å²) in [4.78, 5) is 61.6. The quantitative estimate of drug-likeness (QED) is 0.0695. The lowest BCUT2D eigenvalue weighted by molar-refractivity contribution is -0.139. The molecule has 2 aromatic carbocycles. The Labute approximate surface area is 277 Å². The number of thiophene rings is 1. The number of carboxylic acids is 2. The van der Waals surface area contributed by atoms with Crippen LogP contribution in [0.1, 0.15) is 30.2 Å². The highest BCUT2D eigenvalue weighted by Crippen LogP contribution is 2.33. The van der Waals surface area contributed by atoms with Crippen molar-refractivity contribution in [1.29, 1.82) is 0 Å². The maximum atomic E-state index is 12.7. The Hall–Kier alpha value is -3.99. The lowest BCUT2D eigenvalue weighted by Gasteiger charge is -2.23. The molecule has 0 unspecified atom stereocenters. The number of aliphatic carboxylic acids is 2. The highest BCUT2D eigenvalue weighted by atomic mass is 33.1. The number of carbonyl (C=O) groups is 5. The Balaban J connectivity index is 1.46. The number of benzene rings is 2. The largest absolute Gasteiger partial charge is 0.484 e. The van der Waals surface area contributed by atoms with E-state index in [-0.39, 0.29) is 30.6 Å². The molecule has 3 atom stereocenters. The third kappa shape index (κ3) is 12.1. The molecule has 248 valence electrons. The molecule has 0 saturated heterocycles. The third-order valence-corrected chi connectivity index (χ3v) is 9.54. The molecule has 0 aliphatic carbocycles. The molecule has 0 aliphatic rings. The number of nitrogens with one attached hydrogen (secondary N) is 2. The van der Waals surface area contributed by atoms with Gasteiger partial charge in [-0.1, -0.05) is 64.1 Å². The van der Waals surface area contributed by atoms with Crippen LogP contribution in [-0.2, 0) is 23.9 Å². The van der Waals surface area contributed by atoms with Gasteiger partial charge < -0.3 is 41.0 Å². The van der Waals surface area contributed by atoms with Gasteiger partial charge in [0, 0.05) is 42.5 Å². The van der Waals surface area contributed by atoms with Crippen molar-refractivity contribution in [1.82, 2.24) is 15.5 Å². The van der Waals surface area contributed by atoms with Crippen molar-refractivity contribution < 1.29 is 43.7 Å². The minimum atomic E-state index is -1.26. The van der Waals surface area contributed by atoms with Crippen LogP contribution in [0.15, 0.2) is 60.0 Å². The van der Waals surface area contributed by atoms with Crippen LogP contribution in [0, 0.1) is 0 Å². The average Bonchev–Trinajstić information content (AvgIpc) is 3.58. The van der Waals surface area contributed by atoms with Gasteiger partial charge in [-0.15, -0.1) is 11.3 Å². The molecule has 0 fully saturated rings. The van der Waals surface area contributed by atoms with Gasteiger partial charge in [0.2, 0.25) is 11.8 Å². The van der Waals surface area contributed by atoms with Crippen molar-refractivity contribution in [2.75, 3.05) is 31.8 Å². The van der Waals surface area contributed by atoms with Gasteiger partial charge in [0.15, 0.2) is 0 Å². The molecule has 13 nitrogen and oxygen atoms in total. The molecule has 6 N–H and O–H groups in total. The Morgan fingerprint density at radius 3 is 2.48 bits per heavy atom. The normalized spacial score (nSPS) is 12.8. The average molecular weight is 693 g/mol. The number of carboxylic acid groups (broad SMARTS) is 2. The molecule has 1 heterocycles. The number of hydrogen-bond donors (Lipinski definition) is 5. The smallest absolute Gasteiger partial charge is 0.410 e. The zero-order chi connectivity index (χ0) is 33.5. The van der Waals surface area contributed by atoms with E-state index in [9.17, 15) is 24.0 Å². The fourth-order valence-corrected chi connectivity index (χ4v) is 6.59. The van der Waals surface area contributed by atoms with E-state index in [1.807, 2.05) is 60.0 Å². The van der Waals surface area contributed by atoms with Crippen LogP contribution in [0.25, 0.3) is 10.8 Å². The fraction of sp³-hybridized carbons (Fsp3) is 0.367. The molecule has 0 spiro atoms. The molecular formula is C30H36N4O9S3. The van der Waals surface area contributed by atoms with Gasteiger partial charge in [0.1, 0.15) is 36.4 Å². The summed E-state index contributed by atoms with van der Waals surface area (Å²) in [6, 6.07) is 15.5. The first kappa shape index (κ1) is 36.5. The first-order valence-electron chi connectivity index (χ1n) is 14.1. The zero-order valence-electron chi connectivity index (χ0n) is 25.0. The van der Waals surface area contributed by atoms with E-state index in [0.29, 0.717) is 13.0 Å². The van der Waals surface area contributed by atoms with Crippen molar-refractivity contribution >= 4 is 73.5 Å². The van der Waals surface area contributed by atoms with Gasteiger partial charge in [-0.05, 0) is 29.3 Å². The maximum Gasteiger partial charge on any atom is 0.410 e. The summed E-state index contributed by atoms with van der Waals surface area (Å²) in [5, 5.41) is 26.4. The van der Waals surface area contributed by atoms with E-state index in [1.165, 1.54) is 4.90 Å². The van der Waals surface area contributed by atoms with Crippen LogP contribution in [0.4, 0.5) is 4.79 Å². The van der Waals surface area contributed by atoms with Gasteiger partial charge in [-0.25, -0.2) is 4.79 Å². The topological polar surface area (TPSA) is 198 Å². The number of ether oxygens (including phenoxy) is 2. The first-order chi connectivity index (χ1) is 22.0. The van der Waals surface area contributed by atoms with Crippen molar-refractivity contribution in [3.05, 3.63) is 64.9 Å². The predicted molar refractivity (Wildman–Crippen MR) is 178 cm³/mol. The van der Waals surface area contributed by atoms with Crippen LogP contribution < -0.4 is 21.1 Å². The second kappa shape index (κ2) is 18.9. The second-order valence-corrected chi connectivity index (χ2v) is 13.4.